The van der Waals surface area contributed by atoms with Gasteiger partial charge in [-0.15, -0.1) is 0 Å². The number of benzene rings is 1. The van der Waals surface area contributed by atoms with E-state index in [9.17, 15) is 8.42 Å². The molecule has 0 bridgehead atoms. The van der Waals surface area contributed by atoms with Crippen LogP contribution in [0.15, 0.2) is 47.6 Å². The standard InChI is InChI=1S/C12H12IN3O2S/c13-10-3-1-2-4-11(10)16-19(17,18)12-6-5-9(7-14)8-15-12/h1-6,8,16H,7,14H2. The number of halogens is 1. The van der Waals surface area contributed by atoms with Crippen molar-refractivity contribution in [3.8, 4) is 0 Å². The van der Waals surface area contributed by atoms with E-state index in [1.54, 1.807) is 18.2 Å². The van der Waals surface area contributed by atoms with Gasteiger partial charge in [0.1, 0.15) is 0 Å². The van der Waals surface area contributed by atoms with Crippen LogP contribution in [0.5, 0.6) is 0 Å². The Balaban J connectivity index is 2.30. The first-order valence-corrected chi connectivity index (χ1v) is 8.01. The molecule has 0 atom stereocenters. The quantitative estimate of drug-likeness (QED) is 0.783. The number of sulfonamides is 1. The smallest absolute Gasteiger partial charge is 0.279 e. The molecular weight excluding hydrogens is 377 g/mol. The van der Waals surface area contributed by atoms with E-state index in [-0.39, 0.29) is 5.03 Å². The monoisotopic (exact) mass is 389 g/mol. The second kappa shape index (κ2) is 5.85. The van der Waals surface area contributed by atoms with Crippen LogP contribution in [0.4, 0.5) is 5.69 Å². The maximum atomic E-state index is 12.1. The molecule has 7 heteroatoms. The Bertz CT molecular complexity index is 672. The summed E-state index contributed by atoms with van der Waals surface area (Å²) in [6.07, 6.45) is 1.46. The Morgan fingerprint density at radius 3 is 2.53 bits per heavy atom. The fourth-order valence-electron chi connectivity index (χ4n) is 1.43. The van der Waals surface area contributed by atoms with Gasteiger partial charge in [-0.05, 0) is 46.4 Å². The lowest BCUT2D eigenvalue weighted by Crippen LogP contribution is -2.15. The Morgan fingerprint density at radius 1 is 1.21 bits per heavy atom. The van der Waals surface area contributed by atoms with Gasteiger partial charge in [0.2, 0.25) is 0 Å². The van der Waals surface area contributed by atoms with Crippen LogP contribution >= 0.6 is 22.6 Å². The second-order valence-electron chi connectivity index (χ2n) is 3.79. The molecule has 0 amide bonds. The summed E-state index contributed by atoms with van der Waals surface area (Å²) in [7, 11) is -3.67. The van der Waals surface area contributed by atoms with Crippen molar-refractivity contribution >= 4 is 38.3 Å². The molecule has 1 heterocycles. The summed E-state index contributed by atoms with van der Waals surface area (Å²) in [6, 6.07) is 10.2. The Labute approximate surface area is 125 Å². The van der Waals surface area contributed by atoms with E-state index in [0.717, 1.165) is 9.13 Å². The van der Waals surface area contributed by atoms with Gasteiger partial charge >= 0.3 is 0 Å². The maximum Gasteiger partial charge on any atom is 0.279 e. The molecular formula is C12H12IN3O2S. The van der Waals surface area contributed by atoms with Crippen molar-refractivity contribution in [2.75, 3.05) is 4.72 Å². The Hall–Kier alpha value is -1.19. The summed E-state index contributed by atoms with van der Waals surface area (Å²) < 4.78 is 27.6. The summed E-state index contributed by atoms with van der Waals surface area (Å²) in [5, 5.41) is -0.0237. The molecule has 0 saturated carbocycles. The molecule has 0 aliphatic heterocycles. The summed E-state index contributed by atoms with van der Waals surface area (Å²) >= 11 is 2.07. The molecule has 2 rings (SSSR count). The third-order valence-corrected chi connectivity index (χ3v) is 4.65. The average Bonchev–Trinajstić information content (AvgIpc) is 2.41. The molecule has 5 nitrogen and oxygen atoms in total. The van der Waals surface area contributed by atoms with E-state index >= 15 is 0 Å². The number of nitrogens with two attached hydrogens (primary N) is 1. The third kappa shape index (κ3) is 3.43. The van der Waals surface area contributed by atoms with Gasteiger partial charge < -0.3 is 5.73 Å². The number of pyridine rings is 1. The lowest BCUT2D eigenvalue weighted by molar-refractivity contribution is 0.597. The highest BCUT2D eigenvalue weighted by atomic mass is 127. The largest absolute Gasteiger partial charge is 0.326 e. The van der Waals surface area contributed by atoms with Gasteiger partial charge in [0.25, 0.3) is 10.0 Å². The lowest BCUT2D eigenvalue weighted by Gasteiger charge is -2.09. The maximum absolute atomic E-state index is 12.1. The highest BCUT2D eigenvalue weighted by Gasteiger charge is 2.16. The molecule has 3 N–H and O–H groups in total. The van der Waals surface area contributed by atoms with E-state index in [1.165, 1.54) is 12.3 Å². The van der Waals surface area contributed by atoms with Crippen molar-refractivity contribution in [1.29, 1.82) is 0 Å². The van der Waals surface area contributed by atoms with Gasteiger partial charge in [-0.2, -0.15) is 8.42 Å². The fourth-order valence-corrected chi connectivity index (χ4v) is 3.15. The molecule has 0 radical (unpaired) electrons. The second-order valence-corrected chi connectivity index (χ2v) is 6.59. The van der Waals surface area contributed by atoms with Crippen LogP contribution in [0, 0.1) is 3.57 Å². The lowest BCUT2D eigenvalue weighted by atomic mass is 10.3. The Kier molecular flexibility index (Phi) is 4.38. The van der Waals surface area contributed by atoms with E-state index in [4.69, 9.17) is 5.73 Å². The predicted molar refractivity (Wildman–Crippen MR) is 82.1 cm³/mol. The van der Waals surface area contributed by atoms with Crippen LogP contribution in [0.25, 0.3) is 0 Å². The van der Waals surface area contributed by atoms with Crippen LogP contribution in [0.1, 0.15) is 5.56 Å². The molecule has 19 heavy (non-hydrogen) atoms. The van der Waals surface area contributed by atoms with Crippen molar-refractivity contribution in [3.05, 3.63) is 51.7 Å². The van der Waals surface area contributed by atoms with Gasteiger partial charge in [-0.1, -0.05) is 18.2 Å². The zero-order valence-corrected chi connectivity index (χ0v) is 12.8. The molecule has 0 fully saturated rings. The van der Waals surface area contributed by atoms with Crippen molar-refractivity contribution in [2.24, 2.45) is 5.73 Å². The van der Waals surface area contributed by atoms with E-state index in [0.29, 0.717) is 12.2 Å². The number of para-hydroxylation sites is 1. The number of hydrogen-bond acceptors (Lipinski definition) is 4. The molecule has 100 valence electrons. The van der Waals surface area contributed by atoms with Crippen LogP contribution in [-0.4, -0.2) is 13.4 Å². The van der Waals surface area contributed by atoms with Crippen LogP contribution < -0.4 is 10.5 Å². The minimum Gasteiger partial charge on any atom is -0.326 e. The first-order valence-electron chi connectivity index (χ1n) is 5.45. The SMILES string of the molecule is NCc1ccc(S(=O)(=O)Nc2ccccc2I)nc1. The van der Waals surface area contributed by atoms with Crippen molar-refractivity contribution in [2.45, 2.75) is 11.6 Å². The molecule has 0 saturated heterocycles. The van der Waals surface area contributed by atoms with Gasteiger partial charge in [-0.25, -0.2) is 4.98 Å². The zero-order chi connectivity index (χ0) is 13.9. The first kappa shape index (κ1) is 14.2. The van der Waals surface area contributed by atoms with Crippen molar-refractivity contribution < 1.29 is 8.42 Å². The summed E-state index contributed by atoms with van der Waals surface area (Å²) in [4.78, 5) is 3.91. The van der Waals surface area contributed by atoms with Crippen LogP contribution in [-0.2, 0) is 16.6 Å². The van der Waals surface area contributed by atoms with E-state index in [1.807, 2.05) is 12.1 Å². The van der Waals surface area contributed by atoms with Gasteiger partial charge in [0, 0.05) is 16.3 Å². The number of anilines is 1. The molecule has 1 aromatic carbocycles. The minimum absolute atomic E-state index is 0.0237. The van der Waals surface area contributed by atoms with Crippen molar-refractivity contribution in [1.82, 2.24) is 4.98 Å². The predicted octanol–water partition coefficient (Wildman–Crippen LogP) is 1.95. The van der Waals surface area contributed by atoms with Crippen LogP contribution in [0.3, 0.4) is 0 Å². The van der Waals surface area contributed by atoms with E-state index in [2.05, 4.69) is 32.3 Å². The van der Waals surface area contributed by atoms with Crippen molar-refractivity contribution in [3.63, 3.8) is 0 Å². The number of nitrogens with zero attached hydrogens (tertiary/aromatic N) is 1. The van der Waals surface area contributed by atoms with Gasteiger partial charge in [0.05, 0.1) is 5.69 Å². The van der Waals surface area contributed by atoms with Crippen LogP contribution in [0.2, 0.25) is 0 Å². The number of nitrogens with one attached hydrogen (secondary N) is 1. The molecule has 2 aromatic rings. The summed E-state index contributed by atoms with van der Waals surface area (Å²) in [6.45, 7) is 0.331. The molecule has 0 aliphatic carbocycles. The Morgan fingerprint density at radius 2 is 1.95 bits per heavy atom. The molecule has 1 aromatic heterocycles. The number of aromatic nitrogens is 1. The fraction of sp³-hybridized carbons (Fsp3) is 0.0833. The van der Waals surface area contributed by atoms with Gasteiger partial charge in [0.15, 0.2) is 5.03 Å². The molecule has 0 unspecified atom stereocenters. The first-order chi connectivity index (χ1) is 9.03. The highest BCUT2D eigenvalue weighted by molar-refractivity contribution is 14.1. The number of rotatable bonds is 4. The average molecular weight is 389 g/mol. The normalized spacial score (nSPS) is 11.3. The number of hydrogen-bond donors (Lipinski definition) is 2. The third-order valence-electron chi connectivity index (χ3n) is 2.43. The molecule has 0 aliphatic rings. The van der Waals surface area contributed by atoms with Gasteiger partial charge in [-0.3, -0.25) is 4.72 Å². The zero-order valence-electron chi connectivity index (χ0n) is 9.88. The highest BCUT2D eigenvalue weighted by Crippen LogP contribution is 2.20. The topological polar surface area (TPSA) is 85.1 Å². The summed E-state index contributed by atoms with van der Waals surface area (Å²) in [5.41, 5.74) is 6.77. The summed E-state index contributed by atoms with van der Waals surface area (Å²) in [5.74, 6) is 0. The molecule has 0 spiro atoms. The van der Waals surface area contributed by atoms with E-state index < -0.39 is 10.0 Å². The minimum atomic E-state index is -3.67.